The van der Waals surface area contributed by atoms with Crippen LogP contribution in [0.1, 0.15) is 37.7 Å². The first-order valence-corrected chi connectivity index (χ1v) is 8.32. The highest BCUT2D eigenvalue weighted by Crippen LogP contribution is 2.30. The summed E-state index contributed by atoms with van der Waals surface area (Å²) in [4.78, 5) is 6.81. The van der Waals surface area contributed by atoms with E-state index in [1.54, 1.807) is 0 Å². The molecule has 0 spiro atoms. The molecule has 2 aliphatic rings. The van der Waals surface area contributed by atoms with Crippen molar-refractivity contribution < 1.29 is 4.74 Å². The summed E-state index contributed by atoms with van der Waals surface area (Å²) in [6.45, 7) is 6.34. The van der Waals surface area contributed by atoms with Crippen LogP contribution < -0.4 is 5.32 Å². The first-order valence-electron chi connectivity index (χ1n) is 8.32. The van der Waals surface area contributed by atoms with Crippen molar-refractivity contribution in [1.29, 1.82) is 0 Å². The van der Waals surface area contributed by atoms with Gasteiger partial charge in [-0.2, -0.15) is 0 Å². The van der Waals surface area contributed by atoms with Gasteiger partial charge in [-0.15, -0.1) is 0 Å². The lowest BCUT2D eigenvalue weighted by atomic mass is 9.86. The van der Waals surface area contributed by atoms with Crippen molar-refractivity contribution >= 4 is 0 Å². The number of ether oxygens (including phenoxy) is 1. The van der Waals surface area contributed by atoms with Crippen molar-refractivity contribution in [2.75, 3.05) is 32.8 Å². The zero-order valence-corrected chi connectivity index (χ0v) is 12.9. The average molecular weight is 289 g/mol. The molecule has 2 aliphatic heterocycles. The van der Waals surface area contributed by atoms with Gasteiger partial charge in [0.25, 0.3) is 0 Å². The summed E-state index contributed by atoms with van der Waals surface area (Å²) in [7, 11) is 0. The number of rotatable bonds is 5. The fourth-order valence-corrected chi connectivity index (χ4v) is 3.66. The molecule has 21 heavy (non-hydrogen) atoms. The first kappa shape index (κ1) is 14.9. The second-order valence-corrected chi connectivity index (χ2v) is 6.34. The Labute approximate surface area is 127 Å². The zero-order chi connectivity index (χ0) is 14.4. The third-order valence-corrected chi connectivity index (χ3v) is 4.98. The van der Waals surface area contributed by atoms with Crippen molar-refractivity contribution in [2.24, 2.45) is 0 Å². The Kier molecular flexibility index (Phi) is 5.22. The van der Waals surface area contributed by atoms with Gasteiger partial charge in [0.2, 0.25) is 0 Å². The molecule has 0 radical (unpaired) electrons. The van der Waals surface area contributed by atoms with Gasteiger partial charge in [0, 0.05) is 44.2 Å². The van der Waals surface area contributed by atoms with E-state index >= 15 is 0 Å². The van der Waals surface area contributed by atoms with Crippen LogP contribution in [0.5, 0.6) is 0 Å². The Morgan fingerprint density at radius 1 is 1.10 bits per heavy atom. The van der Waals surface area contributed by atoms with E-state index in [0.29, 0.717) is 5.54 Å². The van der Waals surface area contributed by atoms with Crippen LogP contribution in [0.15, 0.2) is 24.5 Å². The van der Waals surface area contributed by atoms with Crippen molar-refractivity contribution in [3.05, 3.63) is 30.1 Å². The predicted octanol–water partition coefficient (Wildman–Crippen LogP) is 2.21. The Hall–Kier alpha value is -0.970. The van der Waals surface area contributed by atoms with Gasteiger partial charge in [0.1, 0.15) is 0 Å². The molecule has 4 heteroatoms. The third-order valence-electron chi connectivity index (χ3n) is 4.98. The smallest absolute Gasteiger partial charge is 0.0484 e. The van der Waals surface area contributed by atoms with Gasteiger partial charge in [0.15, 0.2) is 0 Å². The van der Waals surface area contributed by atoms with Gasteiger partial charge >= 0.3 is 0 Å². The van der Waals surface area contributed by atoms with Gasteiger partial charge in [-0.25, -0.2) is 0 Å². The molecule has 4 nitrogen and oxygen atoms in total. The summed E-state index contributed by atoms with van der Waals surface area (Å²) in [5, 5.41) is 3.68. The molecule has 0 aliphatic carbocycles. The van der Waals surface area contributed by atoms with E-state index in [1.165, 1.54) is 37.9 Å². The molecule has 0 aromatic carbocycles. The second kappa shape index (κ2) is 7.34. The normalized spacial score (nSPS) is 23.0. The largest absolute Gasteiger partial charge is 0.381 e. The van der Waals surface area contributed by atoms with Crippen molar-refractivity contribution in [3.8, 4) is 0 Å². The zero-order valence-electron chi connectivity index (χ0n) is 12.9. The van der Waals surface area contributed by atoms with Crippen LogP contribution in [0.2, 0.25) is 0 Å². The van der Waals surface area contributed by atoms with Crippen LogP contribution in [0, 0.1) is 0 Å². The maximum absolute atomic E-state index is 5.62. The molecule has 1 aromatic heterocycles. The van der Waals surface area contributed by atoms with Gasteiger partial charge in [0.05, 0.1) is 0 Å². The quantitative estimate of drug-likeness (QED) is 0.902. The van der Waals surface area contributed by atoms with Gasteiger partial charge < -0.3 is 10.1 Å². The molecule has 0 atom stereocenters. The van der Waals surface area contributed by atoms with Crippen molar-refractivity contribution in [2.45, 2.75) is 44.2 Å². The molecule has 0 unspecified atom stereocenters. The first-order chi connectivity index (χ1) is 10.4. The molecular weight excluding hydrogens is 262 g/mol. The van der Waals surface area contributed by atoms with Crippen molar-refractivity contribution in [1.82, 2.24) is 15.2 Å². The summed E-state index contributed by atoms with van der Waals surface area (Å²) in [5.74, 6) is 0. The number of piperidine rings is 1. The third kappa shape index (κ3) is 3.82. The molecule has 0 saturated carbocycles. The summed E-state index contributed by atoms with van der Waals surface area (Å²) in [6, 6.07) is 4.18. The van der Waals surface area contributed by atoms with Gasteiger partial charge in [-0.05, 0) is 56.5 Å². The van der Waals surface area contributed by atoms with Crippen LogP contribution >= 0.6 is 0 Å². The van der Waals surface area contributed by atoms with Crippen LogP contribution in [-0.4, -0.2) is 48.3 Å². The lowest BCUT2D eigenvalue weighted by Crippen LogP contribution is -2.59. The van der Waals surface area contributed by atoms with Gasteiger partial charge in [-0.3, -0.25) is 9.88 Å². The molecule has 2 fully saturated rings. The van der Waals surface area contributed by atoms with Crippen LogP contribution in [0.25, 0.3) is 0 Å². The number of pyridine rings is 1. The number of nitrogens with zero attached hydrogens (tertiary/aromatic N) is 2. The predicted molar refractivity (Wildman–Crippen MR) is 84.2 cm³/mol. The summed E-state index contributed by atoms with van der Waals surface area (Å²) < 4.78 is 5.62. The second-order valence-electron chi connectivity index (χ2n) is 6.34. The topological polar surface area (TPSA) is 37.4 Å². The Bertz CT molecular complexity index is 411. The number of aromatic nitrogens is 1. The van der Waals surface area contributed by atoms with E-state index in [0.717, 1.165) is 39.1 Å². The van der Waals surface area contributed by atoms with Crippen molar-refractivity contribution in [3.63, 3.8) is 0 Å². The highest BCUT2D eigenvalue weighted by atomic mass is 16.5. The summed E-state index contributed by atoms with van der Waals surface area (Å²) in [6.07, 6.45) is 10.2. The standard InChI is InChI=1S/C17H27N3O/c1-2-10-20(11-3-1)17(6-12-21-13-7-17)15-19-14-16-4-8-18-9-5-16/h4-5,8-9,19H,1-3,6-7,10-15H2. The van der Waals surface area contributed by atoms with E-state index in [-0.39, 0.29) is 0 Å². The Morgan fingerprint density at radius 2 is 1.81 bits per heavy atom. The van der Waals surface area contributed by atoms with Gasteiger partial charge in [-0.1, -0.05) is 6.42 Å². The van der Waals surface area contributed by atoms with E-state index in [2.05, 4.69) is 27.3 Å². The summed E-state index contributed by atoms with van der Waals surface area (Å²) >= 11 is 0. The molecular formula is C17H27N3O. The maximum Gasteiger partial charge on any atom is 0.0484 e. The molecule has 116 valence electrons. The minimum absolute atomic E-state index is 0.311. The molecule has 0 amide bonds. The molecule has 3 heterocycles. The molecule has 1 aromatic rings. The van der Waals surface area contributed by atoms with E-state index in [4.69, 9.17) is 4.74 Å². The van der Waals surface area contributed by atoms with E-state index in [1.807, 2.05) is 12.4 Å². The highest BCUT2D eigenvalue weighted by molar-refractivity contribution is 5.09. The average Bonchev–Trinajstić information content (AvgIpc) is 2.58. The highest BCUT2D eigenvalue weighted by Gasteiger charge is 2.38. The number of nitrogens with one attached hydrogen (secondary N) is 1. The molecule has 3 rings (SSSR count). The number of likely N-dealkylation sites (tertiary alicyclic amines) is 1. The van der Waals surface area contributed by atoms with Crippen LogP contribution in [0.4, 0.5) is 0 Å². The minimum Gasteiger partial charge on any atom is -0.381 e. The molecule has 0 bridgehead atoms. The lowest BCUT2D eigenvalue weighted by Gasteiger charge is -2.48. The van der Waals surface area contributed by atoms with Crippen LogP contribution in [-0.2, 0) is 11.3 Å². The fourth-order valence-electron chi connectivity index (χ4n) is 3.66. The Balaban J connectivity index is 1.59. The minimum atomic E-state index is 0.311. The van der Waals surface area contributed by atoms with Crippen LogP contribution in [0.3, 0.4) is 0 Å². The maximum atomic E-state index is 5.62. The summed E-state index contributed by atoms with van der Waals surface area (Å²) in [5.41, 5.74) is 1.62. The number of hydrogen-bond acceptors (Lipinski definition) is 4. The SMILES string of the molecule is c1cc(CNCC2(N3CCCCC3)CCOCC2)ccn1. The fraction of sp³-hybridized carbons (Fsp3) is 0.706. The lowest BCUT2D eigenvalue weighted by molar-refractivity contribution is -0.0358. The Morgan fingerprint density at radius 3 is 2.52 bits per heavy atom. The molecule has 2 saturated heterocycles. The number of hydrogen-bond donors (Lipinski definition) is 1. The monoisotopic (exact) mass is 289 g/mol. The van der Waals surface area contributed by atoms with E-state index in [9.17, 15) is 0 Å². The molecule has 1 N–H and O–H groups in total. The van der Waals surface area contributed by atoms with E-state index < -0.39 is 0 Å².